The van der Waals surface area contributed by atoms with E-state index in [0.717, 1.165) is 6.07 Å². The van der Waals surface area contributed by atoms with Gasteiger partial charge in [0.15, 0.2) is 17.3 Å². The Kier molecular flexibility index (Phi) is 7.43. The third kappa shape index (κ3) is 4.90. The minimum absolute atomic E-state index is 0. The Morgan fingerprint density at radius 3 is 2.50 bits per heavy atom. The Bertz CT molecular complexity index is 952. The monoisotopic (exact) mass is 446 g/mol. The standard InChI is InChI=1S/C18H21F3N6O2.ClH/c1-25(2)18(29)17-15-9-26(3-4-27(15)24-23-17)16(28)7-11(22)5-10-6-13(20)14(21)8-12(10)19;/h6,8,11H,3-5,7,9,22H2,1-2H3;1H/t11-;/m1./s1. The number of carbonyl (C=O) groups excluding carboxylic acids is 2. The zero-order valence-corrected chi connectivity index (χ0v) is 17.3. The van der Waals surface area contributed by atoms with Crippen LogP contribution >= 0.6 is 12.4 Å². The molecule has 2 aromatic rings. The van der Waals surface area contributed by atoms with Crippen molar-refractivity contribution in [1.29, 1.82) is 0 Å². The molecular formula is C18H22ClF3N6O2. The first kappa shape index (κ1) is 23.6. The van der Waals surface area contributed by atoms with Crippen molar-refractivity contribution in [2.75, 3.05) is 20.6 Å². The van der Waals surface area contributed by atoms with E-state index in [1.165, 1.54) is 9.80 Å². The number of amides is 2. The van der Waals surface area contributed by atoms with Crippen LogP contribution in [0.15, 0.2) is 12.1 Å². The summed E-state index contributed by atoms with van der Waals surface area (Å²) in [6.45, 7) is 0.881. The molecule has 1 aliphatic heterocycles. The van der Waals surface area contributed by atoms with E-state index in [2.05, 4.69) is 10.3 Å². The average Bonchev–Trinajstić information content (AvgIpc) is 3.08. The highest BCUT2D eigenvalue weighted by Crippen LogP contribution is 2.19. The van der Waals surface area contributed by atoms with Crippen molar-refractivity contribution in [2.24, 2.45) is 5.73 Å². The van der Waals surface area contributed by atoms with Crippen LogP contribution in [0.2, 0.25) is 0 Å². The molecule has 2 N–H and O–H groups in total. The van der Waals surface area contributed by atoms with Crippen LogP contribution in [0, 0.1) is 17.5 Å². The number of halogens is 4. The smallest absolute Gasteiger partial charge is 0.275 e. The first-order valence-electron chi connectivity index (χ1n) is 8.98. The van der Waals surface area contributed by atoms with Crippen molar-refractivity contribution in [3.8, 4) is 0 Å². The number of aromatic nitrogens is 3. The molecule has 2 amide bonds. The maximum atomic E-state index is 13.8. The number of nitrogens with two attached hydrogens (primary N) is 1. The van der Waals surface area contributed by atoms with Gasteiger partial charge < -0.3 is 15.5 Å². The topological polar surface area (TPSA) is 97.4 Å². The molecule has 0 unspecified atom stereocenters. The fraction of sp³-hybridized carbons (Fsp3) is 0.444. The van der Waals surface area contributed by atoms with Gasteiger partial charge in [0.2, 0.25) is 5.91 Å². The first-order chi connectivity index (χ1) is 13.7. The highest BCUT2D eigenvalue weighted by molar-refractivity contribution is 5.93. The SMILES string of the molecule is CN(C)C(=O)c1nnn2c1CN(C(=O)C[C@H](N)Cc1cc(F)c(F)cc1F)CC2.Cl. The van der Waals surface area contributed by atoms with Gasteiger partial charge in [0.25, 0.3) is 5.91 Å². The van der Waals surface area contributed by atoms with E-state index in [0.29, 0.717) is 24.8 Å². The van der Waals surface area contributed by atoms with Gasteiger partial charge >= 0.3 is 0 Å². The van der Waals surface area contributed by atoms with Crippen molar-refractivity contribution in [2.45, 2.75) is 32.0 Å². The molecule has 0 saturated heterocycles. The van der Waals surface area contributed by atoms with E-state index >= 15 is 0 Å². The number of fused-ring (bicyclic) bond motifs is 1. The molecule has 0 radical (unpaired) electrons. The van der Waals surface area contributed by atoms with Gasteiger partial charge in [-0.1, -0.05) is 5.21 Å². The molecule has 0 aliphatic carbocycles. The highest BCUT2D eigenvalue weighted by atomic mass is 35.5. The summed E-state index contributed by atoms with van der Waals surface area (Å²) < 4.78 is 41.7. The van der Waals surface area contributed by atoms with E-state index in [4.69, 9.17) is 5.73 Å². The molecule has 3 rings (SSSR count). The molecule has 30 heavy (non-hydrogen) atoms. The molecule has 0 spiro atoms. The average molecular weight is 447 g/mol. The van der Waals surface area contributed by atoms with Crippen molar-refractivity contribution in [1.82, 2.24) is 24.8 Å². The summed E-state index contributed by atoms with van der Waals surface area (Å²) >= 11 is 0. The maximum Gasteiger partial charge on any atom is 0.275 e. The number of rotatable bonds is 5. The first-order valence-corrected chi connectivity index (χ1v) is 8.98. The van der Waals surface area contributed by atoms with Crippen LogP contribution in [0.4, 0.5) is 13.2 Å². The summed E-state index contributed by atoms with van der Waals surface area (Å²) in [4.78, 5) is 27.7. The van der Waals surface area contributed by atoms with Gasteiger partial charge in [-0.25, -0.2) is 17.9 Å². The lowest BCUT2D eigenvalue weighted by molar-refractivity contribution is -0.133. The molecule has 0 saturated carbocycles. The Hall–Kier alpha value is -2.66. The quantitative estimate of drug-likeness (QED) is 0.694. The second kappa shape index (κ2) is 9.43. The molecule has 1 aliphatic rings. The Morgan fingerprint density at radius 2 is 1.83 bits per heavy atom. The molecule has 12 heteroatoms. The molecule has 164 valence electrons. The predicted molar refractivity (Wildman–Crippen MR) is 103 cm³/mol. The summed E-state index contributed by atoms with van der Waals surface area (Å²) in [6, 6.07) is 0.426. The molecule has 0 fully saturated rings. The largest absolute Gasteiger partial charge is 0.343 e. The molecule has 1 aromatic carbocycles. The summed E-state index contributed by atoms with van der Waals surface area (Å²) in [5.74, 6) is -3.97. The Labute approximate surface area is 177 Å². The Morgan fingerprint density at radius 1 is 1.17 bits per heavy atom. The summed E-state index contributed by atoms with van der Waals surface area (Å²) in [6.07, 6.45) is -0.233. The highest BCUT2D eigenvalue weighted by Gasteiger charge is 2.29. The van der Waals surface area contributed by atoms with E-state index < -0.39 is 23.5 Å². The van der Waals surface area contributed by atoms with Gasteiger partial charge in [0, 0.05) is 39.2 Å². The number of hydrogen-bond acceptors (Lipinski definition) is 5. The molecule has 2 heterocycles. The van der Waals surface area contributed by atoms with Crippen LogP contribution in [0.5, 0.6) is 0 Å². The minimum Gasteiger partial charge on any atom is -0.343 e. The van der Waals surface area contributed by atoms with Crippen molar-refractivity contribution >= 4 is 24.2 Å². The lowest BCUT2D eigenvalue weighted by atomic mass is 10.0. The molecule has 1 aromatic heterocycles. The van der Waals surface area contributed by atoms with Crippen LogP contribution in [0.1, 0.15) is 28.2 Å². The summed E-state index contributed by atoms with van der Waals surface area (Å²) in [7, 11) is 3.19. The second-order valence-electron chi connectivity index (χ2n) is 7.15. The second-order valence-corrected chi connectivity index (χ2v) is 7.15. The third-order valence-corrected chi connectivity index (χ3v) is 4.73. The van der Waals surface area contributed by atoms with Crippen LogP contribution < -0.4 is 5.73 Å². The van der Waals surface area contributed by atoms with Gasteiger partial charge in [0.1, 0.15) is 5.82 Å². The lowest BCUT2D eigenvalue weighted by Crippen LogP contribution is -2.42. The van der Waals surface area contributed by atoms with Crippen LogP contribution in [0.25, 0.3) is 0 Å². The maximum absolute atomic E-state index is 13.8. The van der Waals surface area contributed by atoms with Gasteiger partial charge in [-0.05, 0) is 18.1 Å². The number of hydrogen-bond donors (Lipinski definition) is 1. The van der Waals surface area contributed by atoms with E-state index in [-0.39, 0.29) is 54.9 Å². The summed E-state index contributed by atoms with van der Waals surface area (Å²) in [5, 5.41) is 7.85. The van der Waals surface area contributed by atoms with Gasteiger partial charge in [0.05, 0.1) is 18.8 Å². The van der Waals surface area contributed by atoms with Gasteiger partial charge in [-0.15, -0.1) is 17.5 Å². The molecule has 8 nitrogen and oxygen atoms in total. The normalized spacial score (nSPS) is 14.0. The molecule has 0 bridgehead atoms. The van der Waals surface area contributed by atoms with E-state index in [1.807, 2.05) is 0 Å². The number of benzene rings is 1. The predicted octanol–water partition coefficient (Wildman–Crippen LogP) is 1.12. The van der Waals surface area contributed by atoms with Crippen LogP contribution in [0.3, 0.4) is 0 Å². The zero-order valence-electron chi connectivity index (χ0n) is 16.4. The lowest BCUT2D eigenvalue weighted by Gasteiger charge is -2.28. The zero-order chi connectivity index (χ0) is 21.3. The third-order valence-electron chi connectivity index (χ3n) is 4.73. The summed E-state index contributed by atoms with van der Waals surface area (Å²) in [5.41, 5.74) is 6.56. The van der Waals surface area contributed by atoms with E-state index in [9.17, 15) is 22.8 Å². The van der Waals surface area contributed by atoms with E-state index in [1.54, 1.807) is 18.8 Å². The minimum atomic E-state index is -1.28. The van der Waals surface area contributed by atoms with Gasteiger partial charge in [-0.3, -0.25) is 9.59 Å². The van der Waals surface area contributed by atoms with Crippen LogP contribution in [-0.2, 0) is 24.3 Å². The van der Waals surface area contributed by atoms with Crippen molar-refractivity contribution < 1.29 is 22.8 Å². The van der Waals surface area contributed by atoms with Gasteiger partial charge in [-0.2, -0.15) is 0 Å². The van der Waals surface area contributed by atoms with Crippen molar-refractivity contribution in [3.05, 3.63) is 46.5 Å². The Balaban J connectivity index is 0.00000320. The molecule has 1 atom stereocenters. The number of carbonyl (C=O) groups is 2. The fourth-order valence-electron chi connectivity index (χ4n) is 3.16. The fourth-order valence-corrected chi connectivity index (χ4v) is 3.16. The number of nitrogens with zero attached hydrogens (tertiary/aromatic N) is 5. The molecular weight excluding hydrogens is 425 g/mol. The van der Waals surface area contributed by atoms with Crippen LogP contribution in [-0.4, -0.2) is 63.3 Å². The van der Waals surface area contributed by atoms with Crippen molar-refractivity contribution in [3.63, 3.8) is 0 Å².